The first-order valence-corrected chi connectivity index (χ1v) is 7.65. The Kier molecular flexibility index (Phi) is 8.10. The molecule has 1 rings (SSSR count). The van der Waals surface area contributed by atoms with Crippen LogP contribution in [0.2, 0.25) is 0 Å². The van der Waals surface area contributed by atoms with Crippen LogP contribution in [0.5, 0.6) is 5.75 Å². The normalized spacial score (nSPS) is 12.4. The van der Waals surface area contributed by atoms with E-state index in [9.17, 15) is 0 Å². The number of rotatable bonds is 9. The molecule has 0 radical (unpaired) electrons. The minimum absolute atomic E-state index is 0.268. The number of hydrogen-bond donors (Lipinski definition) is 1. The van der Waals surface area contributed by atoms with Gasteiger partial charge in [-0.2, -0.15) is 0 Å². The van der Waals surface area contributed by atoms with E-state index in [1.54, 1.807) is 0 Å². The highest BCUT2D eigenvalue weighted by atomic mass is 79.9. The second kappa shape index (κ2) is 9.34. The Morgan fingerprint density at radius 1 is 1.26 bits per heavy atom. The maximum absolute atomic E-state index is 5.83. The van der Waals surface area contributed by atoms with Crippen molar-refractivity contribution >= 4 is 15.9 Å². The molecule has 0 spiro atoms. The molecule has 4 heteroatoms. The van der Waals surface area contributed by atoms with E-state index in [1.165, 1.54) is 5.56 Å². The molecule has 3 nitrogen and oxygen atoms in total. The predicted octanol–water partition coefficient (Wildman–Crippen LogP) is 3.93. The highest BCUT2D eigenvalue weighted by Crippen LogP contribution is 2.28. The molecule has 0 amide bonds. The van der Waals surface area contributed by atoms with Gasteiger partial charge in [0.05, 0.1) is 6.61 Å². The number of benzene rings is 1. The molecule has 0 heterocycles. The first kappa shape index (κ1) is 16.5. The van der Waals surface area contributed by atoms with Crippen LogP contribution >= 0.6 is 15.9 Å². The SMILES string of the molecule is CCCCOCCOc1cc(Br)ccc1C(C)NC. The first-order chi connectivity index (χ1) is 9.19. The Labute approximate surface area is 124 Å². The van der Waals surface area contributed by atoms with Crippen LogP contribution in [0.15, 0.2) is 22.7 Å². The van der Waals surface area contributed by atoms with Crippen molar-refractivity contribution in [3.63, 3.8) is 0 Å². The second-order valence-corrected chi connectivity index (χ2v) is 5.42. The lowest BCUT2D eigenvalue weighted by Gasteiger charge is -2.17. The number of ether oxygens (including phenoxy) is 2. The van der Waals surface area contributed by atoms with Gasteiger partial charge in [0.2, 0.25) is 0 Å². The summed E-state index contributed by atoms with van der Waals surface area (Å²) in [5.41, 5.74) is 1.17. The minimum atomic E-state index is 0.268. The number of nitrogens with one attached hydrogen (secondary N) is 1. The average Bonchev–Trinajstić information content (AvgIpc) is 2.42. The van der Waals surface area contributed by atoms with E-state index in [0.717, 1.165) is 29.7 Å². The van der Waals surface area contributed by atoms with E-state index in [1.807, 2.05) is 19.2 Å². The lowest BCUT2D eigenvalue weighted by atomic mass is 10.1. The third kappa shape index (κ3) is 5.93. The van der Waals surface area contributed by atoms with Crippen molar-refractivity contribution in [3.8, 4) is 5.75 Å². The van der Waals surface area contributed by atoms with Gasteiger partial charge in [-0.15, -0.1) is 0 Å². The summed E-state index contributed by atoms with van der Waals surface area (Å²) >= 11 is 3.48. The second-order valence-electron chi connectivity index (χ2n) is 4.51. The molecule has 0 bridgehead atoms. The fourth-order valence-electron chi connectivity index (χ4n) is 1.71. The van der Waals surface area contributed by atoms with Gasteiger partial charge in [-0.1, -0.05) is 35.3 Å². The van der Waals surface area contributed by atoms with Gasteiger partial charge >= 0.3 is 0 Å². The van der Waals surface area contributed by atoms with Crippen LogP contribution in [-0.4, -0.2) is 26.9 Å². The smallest absolute Gasteiger partial charge is 0.125 e. The molecule has 0 aliphatic rings. The van der Waals surface area contributed by atoms with Gasteiger partial charge in [0.1, 0.15) is 12.4 Å². The molecule has 1 unspecified atom stereocenters. The van der Waals surface area contributed by atoms with Gasteiger partial charge in [0, 0.05) is 22.7 Å². The summed E-state index contributed by atoms with van der Waals surface area (Å²) in [6, 6.07) is 6.39. The summed E-state index contributed by atoms with van der Waals surface area (Å²) in [7, 11) is 1.95. The fourth-order valence-corrected chi connectivity index (χ4v) is 2.05. The lowest BCUT2D eigenvalue weighted by Crippen LogP contribution is -2.15. The van der Waals surface area contributed by atoms with Crippen molar-refractivity contribution in [2.24, 2.45) is 0 Å². The topological polar surface area (TPSA) is 30.5 Å². The third-order valence-corrected chi connectivity index (χ3v) is 3.50. The van der Waals surface area contributed by atoms with E-state index in [4.69, 9.17) is 9.47 Å². The molecule has 1 atom stereocenters. The molecule has 0 fully saturated rings. The minimum Gasteiger partial charge on any atom is -0.491 e. The quantitative estimate of drug-likeness (QED) is 0.696. The Morgan fingerprint density at radius 3 is 2.74 bits per heavy atom. The molecule has 1 aromatic rings. The summed E-state index contributed by atoms with van der Waals surface area (Å²) in [4.78, 5) is 0. The van der Waals surface area contributed by atoms with E-state index >= 15 is 0 Å². The summed E-state index contributed by atoms with van der Waals surface area (Å²) < 4.78 is 12.4. The summed E-state index contributed by atoms with van der Waals surface area (Å²) in [6.07, 6.45) is 2.27. The fraction of sp³-hybridized carbons (Fsp3) is 0.600. The van der Waals surface area contributed by atoms with Crippen LogP contribution in [-0.2, 0) is 4.74 Å². The Hall–Kier alpha value is -0.580. The average molecular weight is 330 g/mol. The lowest BCUT2D eigenvalue weighted by molar-refractivity contribution is 0.0975. The van der Waals surface area contributed by atoms with Gasteiger partial charge < -0.3 is 14.8 Å². The highest BCUT2D eigenvalue weighted by Gasteiger charge is 2.10. The van der Waals surface area contributed by atoms with Crippen LogP contribution in [0.4, 0.5) is 0 Å². The Bertz CT molecular complexity index is 371. The van der Waals surface area contributed by atoms with Crippen molar-refractivity contribution in [2.75, 3.05) is 26.9 Å². The van der Waals surface area contributed by atoms with Crippen molar-refractivity contribution in [3.05, 3.63) is 28.2 Å². The van der Waals surface area contributed by atoms with Crippen molar-refractivity contribution in [1.29, 1.82) is 0 Å². The Balaban J connectivity index is 2.49. The van der Waals surface area contributed by atoms with Crippen molar-refractivity contribution in [1.82, 2.24) is 5.32 Å². The summed E-state index contributed by atoms with van der Waals surface area (Å²) in [5, 5.41) is 3.23. The molecule has 108 valence electrons. The zero-order chi connectivity index (χ0) is 14.1. The molecule has 1 aromatic carbocycles. The van der Waals surface area contributed by atoms with E-state index in [0.29, 0.717) is 13.2 Å². The van der Waals surface area contributed by atoms with Crippen LogP contribution in [0.25, 0.3) is 0 Å². The summed E-state index contributed by atoms with van der Waals surface area (Å²) in [5.74, 6) is 0.912. The molecule has 0 saturated carbocycles. The highest BCUT2D eigenvalue weighted by molar-refractivity contribution is 9.10. The zero-order valence-corrected chi connectivity index (χ0v) is 13.6. The molecular weight excluding hydrogens is 306 g/mol. The Morgan fingerprint density at radius 2 is 2.05 bits per heavy atom. The molecule has 0 aliphatic carbocycles. The van der Waals surface area contributed by atoms with Crippen molar-refractivity contribution in [2.45, 2.75) is 32.7 Å². The zero-order valence-electron chi connectivity index (χ0n) is 12.0. The maximum atomic E-state index is 5.83. The molecule has 0 saturated heterocycles. The number of unbranched alkanes of at least 4 members (excludes halogenated alkanes) is 1. The summed E-state index contributed by atoms with van der Waals surface area (Å²) in [6.45, 7) is 6.32. The van der Waals surface area contributed by atoms with E-state index in [2.05, 4.69) is 41.2 Å². The van der Waals surface area contributed by atoms with Crippen LogP contribution < -0.4 is 10.1 Å². The van der Waals surface area contributed by atoms with Crippen molar-refractivity contribution < 1.29 is 9.47 Å². The third-order valence-electron chi connectivity index (χ3n) is 3.00. The molecule has 1 N–H and O–H groups in total. The van der Waals surface area contributed by atoms with Crippen LogP contribution in [0.1, 0.15) is 38.3 Å². The van der Waals surface area contributed by atoms with E-state index in [-0.39, 0.29) is 6.04 Å². The van der Waals surface area contributed by atoms with Gasteiger partial charge in [0.15, 0.2) is 0 Å². The van der Waals surface area contributed by atoms with Gasteiger partial charge in [-0.25, -0.2) is 0 Å². The largest absolute Gasteiger partial charge is 0.491 e. The van der Waals surface area contributed by atoms with Crippen LogP contribution in [0.3, 0.4) is 0 Å². The molecular formula is C15H24BrNO2. The molecule has 19 heavy (non-hydrogen) atoms. The maximum Gasteiger partial charge on any atom is 0.125 e. The monoisotopic (exact) mass is 329 g/mol. The molecule has 0 aromatic heterocycles. The standard InChI is InChI=1S/C15H24BrNO2/c1-4-5-8-18-9-10-19-15-11-13(16)6-7-14(15)12(2)17-3/h6-7,11-12,17H,4-5,8-10H2,1-3H3. The van der Waals surface area contributed by atoms with Gasteiger partial charge in [0.25, 0.3) is 0 Å². The predicted molar refractivity (Wildman–Crippen MR) is 82.8 cm³/mol. The van der Waals surface area contributed by atoms with Gasteiger partial charge in [-0.05, 0) is 32.5 Å². The number of hydrogen-bond acceptors (Lipinski definition) is 3. The van der Waals surface area contributed by atoms with Crippen LogP contribution in [0, 0.1) is 0 Å². The number of halogens is 1. The van der Waals surface area contributed by atoms with Gasteiger partial charge in [-0.3, -0.25) is 0 Å². The first-order valence-electron chi connectivity index (χ1n) is 6.86. The molecule has 0 aliphatic heterocycles. The van der Waals surface area contributed by atoms with E-state index < -0.39 is 0 Å².